The second-order valence-corrected chi connectivity index (χ2v) is 10.8. The molecule has 4 atom stereocenters. The van der Waals surface area contributed by atoms with Gasteiger partial charge >= 0.3 is 0 Å². The van der Waals surface area contributed by atoms with Crippen LogP contribution in [0.3, 0.4) is 0 Å². The first-order valence-corrected chi connectivity index (χ1v) is 12.7. The number of amides is 2. The third-order valence-corrected chi connectivity index (χ3v) is 8.70. The maximum absolute atomic E-state index is 13.6. The number of carbonyl (C=O) groups is 2. The quantitative estimate of drug-likeness (QED) is 0.613. The van der Waals surface area contributed by atoms with Crippen molar-refractivity contribution in [1.29, 1.82) is 0 Å². The number of fused-ring (bicyclic) bond motifs is 1. The van der Waals surface area contributed by atoms with Crippen molar-refractivity contribution in [3.8, 4) is 0 Å². The number of hydrogen-bond acceptors (Lipinski definition) is 3. The lowest BCUT2D eigenvalue weighted by atomic mass is 9.79. The normalized spacial score (nSPS) is 29.2. The number of alkyl halides is 2. The zero-order chi connectivity index (χ0) is 24.0. The molecule has 1 aromatic rings. The van der Waals surface area contributed by atoms with Gasteiger partial charge in [-0.05, 0) is 75.0 Å². The van der Waals surface area contributed by atoms with E-state index in [2.05, 4.69) is 23.3 Å². The maximum Gasteiger partial charge on any atom is 0.255 e. The van der Waals surface area contributed by atoms with Gasteiger partial charge in [0.25, 0.3) is 5.91 Å². The van der Waals surface area contributed by atoms with Crippen molar-refractivity contribution < 1.29 is 18.4 Å². The standard InChI is InChI=1S/C27H35F2N3O2/c1-16-7-10-23(24(33)30-16)32-15-20-14-18(8-9-21(20)25(32)34)13-19-5-3-4-6-22(19)31-17(2)27(11-12-27)26(28)29/h8-9,14,17,19,22-23,26,31H,1,3-7,10-13,15H2,2H3,(H,30,33)/t17-,19+,22-,23?/m0/s1. The van der Waals surface area contributed by atoms with Gasteiger partial charge in [0.05, 0.1) is 0 Å². The van der Waals surface area contributed by atoms with Crippen LogP contribution in [0.1, 0.15) is 79.8 Å². The van der Waals surface area contributed by atoms with Crippen molar-refractivity contribution in [1.82, 2.24) is 15.5 Å². The molecule has 5 nitrogen and oxygen atoms in total. The zero-order valence-electron chi connectivity index (χ0n) is 19.9. The van der Waals surface area contributed by atoms with Crippen LogP contribution < -0.4 is 10.6 Å². The number of rotatable bonds is 7. The molecule has 7 heteroatoms. The Morgan fingerprint density at radius 3 is 2.68 bits per heavy atom. The third-order valence-electron chi connectivity index (χ3n) is 8.70. The van der Waals surface area contributed by atoms with Crippen LogP contribution in [0.4, 0.5) is 8.78 Å². The van der Waals surface area contributed by atoms with Crippen molar-refractivity contribution in [2.45, 2.75) is 95.8 Å². The smallest absolute Gasteiger partial charge is 0.255 e. The molecule has 2 aliphatic heterocycles. The number of nitrogens with zero attached hydrogens (tertiary/aromatic N) is 1. The highest BCUT2D eigenvalue weighted by atomic mass is 19.3. The predicted molar refractivity (Wildman–Crippen MR) is 126 cm³/mol. The van der Waals surface area contributed by atoms with E-state index in [-0.39, 0.29) is 23.9 Å². The number of piperidine rings is 1. The van der Waals surface area contributed by atoms with Crippen molar-refractivity contribution in [3.05, 3.63) is 47.2 Å². The molecule has 4 aliphatic rings. The van der Waals surface area contributed by atoms with Gasteiger partial charge in [0.1, 0.15) is 6.04 Å². The Morgan fingerprint density at radius 2 is 1.97 bits per heavy atom. The van der Waals surface area contributed by atoms with Crippen LogP contribution in [0.25, 0.3) is 0 Å². The summed E-state index contributed by atoms with van der Waals surface area (Å²) in [5.74, 6) is 0.160. The van der Waals surface area contributed by atoms with Crippen LogP contribution in [0.15, 0.2) is 30.5 Å². The summed E-state index contributed by atoms with van der Waals surface area (Å²) in [4.78, 5) is 27.1. The lowest BCUT2D eigenvalue weighted by Gasteiger charge is -2.37. The number of halogens is 2. The summed E-state index contributed by atoms with van der Waals surface area (Å²) in [5.41, 5.74) is 2.70. The van der Waals surface area contributed by atoms with E-state index in [4.69, 9.17) is 0 Å². The van der Waals surface area contributed by atoms with Crippen molar-refractivity contribution in [2.24, 2.45) is 11.3 Å². The fraction of sp³-hybridized carbons (Fsp3) is 0.630. The molecule has 2 heterocycles. The zero-order valence-corrected chi connectivity index (χ0v) is 19.9. The van der Waals surface area contributed by atoms with Gasteiger partial charge < -0.3 is 15.5 Å². The molecular weight excluding hydrogens is 436 g/mol. The Kier molecular flexibility index (Phi) is 6.25. The highest BCUT2D eigenvalue weighted by molar-refractivity contribution is 6.01. The third kappa shape index (κ3) is 4.28. The number of benzene rings is 1. The first-order valence-electron chi connectivity index (χ1n) is 12.7. The van der Waals surface area contributed by atoms with E-state index in [1.165, 1.54) is 5.56 Å². The average Bonchev–Trinajstić information content (AvgIpc) is 3.56. The first kappa shape index (κ1) is 23.5. The fourth-order valence-electron chi connectivity index (χ4n) is 6.28. The molecule has 2 N–H and O–H groups in total. The van der Waals surface area contributed by atoms with Crippen LogP contribution >= 0.6 is 0 Å². The average molecular weight is 472 g/mol. The summed E-state index contributed by atoms with van der Waals surface area (Å²) in [5, 5.41) is 6.38. The van der Waals surface area contributed by atoms with Crippen LogP contribution in [0, 0.1) is 11.3 Å². The molecule has 184 valence electrons. The summed E-state index contributed by atoms with van der Waals surface area (Å²) < 4.78 is 27.2. The first-order chi connectivity index (χ1) is 16.3. The summed E-state index contributed by atoms with van der Waals surface area (Å²) in [7, 11) is 0. The minimum Gasteiger partial charge on any atom is -0.329 e. The van der Waals surface area contributed by atoms with E-state index < -0.39 is 17.9 Å². The molecular formula is C27H35F2N3O2. The molecule has 1 aromatic carbocycles. The van der Waals surface area contributed by atoms with Gasteiger partial charge in [0, 0.05) is 35.3 Å². The summed E-state index contributed by atoms with van der Waals surface area (Å²) in [6.45, 7) is 6.20. The molecule has 0 bridgehead atoms. The Hall–Kier alpha value is -2.28. The minimum atomic E-state index is -2.27. The Balaban J connectivity index is 1.26. The second kappa shape index (κ2) is 9.06. The highest BCUT2D eigenvalue weighted by Gasteiger charge is 2.55. The largest absolute Gasteiger partial charge is 0.329 e. The number of carbonyl (C=O) groups excluding carboxylic acids is 2. The van der Waals surface area contributed by atoms with E-state index in [0.29, 0.717) is 49.4 Å². The topological polar surface area (TPSA) is 61.4 Å². The van der Waals surface area contributed by atoms with E-state index in [1.807, 2.05) is 19.1 Å². The van der Waals surface area contributed by atoms with Crippen LogP contribution in [-0.2, 0) is 17.8 Å². The number of allylic oxidation sites excluding steroid dienone is 1. The summed E-state index contributed by atoms with van der Waals surface area (Å²) >= 11 is 0. The number of hydrogen-bond donors (Lipinski definition) is 2. The van der Waals surface area contributed by atoms with Crippen LogP contribution in [-0.4, -0.2) is 41.3 Å². The molecule has 2 amide bonds. The van der Waals surface area contributed by atoms with E-state index in [0.717, 1.165) is 37.7 Å². The molecule has 0 spiro atoms. The fourth-order valence-corrected chi connectivity index (χ4v) is 6.28. The lowest BCUT2D eigenvalue weighted by Crippen LogP contribution is -2.49. The molecule has 34 heavy (non-hydrogen) atoms. The Bertz CT molecular complexity index is 990. The molecule has 1 saturated heterocycles. The Morgan fingerprint density at radius 1 is 1.21 bits per heavy atom. The Labute approximate surface area is 200 Å². The van der Waals surface area contributed by atoms with Crippen LogP contribution in [0.2, 0.25) is 0 Å². The van der Waals surface area contributed by atoms with E-state index in [1.54, 1.807) is 4.90 Å². The lowest BCUT2D eigenvalue weighted by molar-refractivity contribution is -0.126. The van der Waals surface area contributed by atoms with Gasteiger partial charge in [-0.1, -0.05) is 31.6 Å². The molecule has 5 rings (SSSR count). The number of nitrogens with one attached hydrogen (secondary N) is 2. The van der Waals surface area contributed by atoms with Gasteiger partial charge in [-0.3, -0.25) is 9.59 Å². The maximum atomic E-state index is 13.6. The van der Waals surface area contributed by atoms with Gasteiger partial charge in [-0.2, -0.15) is 0 Å². The van der Waals surface area contributed by atoms with E-state index in [9.17, 15) is 18.4 Å². The molecule has 0 radical (unpaired) electrons. The van der Waals surface area contributed by atoms with Gasteiger partial charge in [0.15, 0.2) is 0 Å². The van der Waals surface area contributed by atoms with Gasteiger partial charge in [-0.15, -0.1) is 0 Å². The van der Waals surface area contributed by atoms with Crippen LogP contribution in [0.5, 0.6) is 0 Å². The van der Waals surface area contributed by atoms with Crippen molar-refractivity contribution >= 4 is 11.8 Å². The predicted octanol–water partition coefficient (Wildman–Crippen LogP) is 4.56. The van der Waals surface area contributed by atoms with E-state index >= 15 is 0 Å². The molecule has 0 aromatic heterocycles. The van der Waals surface area contributed by atoms with Crippen molar-refractivity contribution in [2.75, 3.05) is 0 Å². The van der Waals surface area contributed by atoms with Gasteiger partial charge in [0.2, 0.25) is 12.3 Å². The van der Waals surface area contributed by atoms with Crippen molar-refractivity contribution in [3.63, 3.8) is 0 Å². The molecule has 1 unspecified atom stereocenters. The monoisotopic (exact) mass is 471 g/mol. The highest BCUT2D eigenvalue weighted by Crippen LogP contribution is 2.53. The summed E-state index contributed by atoms with van der Waals surface area (Å²) in [6.07, 6.45) is 5.51. The minimum absolute atomic E-state index is 0.0815. The second-order valence-electron chi connectivity index (χ2n) is 10.8. The molecule has 2 aliphatic carbocycles. The summed E-state index contributed by atoms with van der Waals surface area (Å²) in [6, 6.07) is 5.65. The SMILES string of the molecule is C=C1CCC(N2Cc3cc(C[C@H]4CCCC[C@@H]4N[C@@H](C)C4(C(F)F)CC4)ccc3C2=O)C(=O)N1. The molecule has 3 fully saturated rings. The molecule has 2 saturated carbocycles. The van der Waals surface area contributed by atoms with Gasteiger partial charge in [-0.25, -0.2) is 8.78 Å².